The van der Waals surface area contributed by atoms with Crippen LogP contribution in [0, 0.1) is 0 Å². The SMILES string of the molecule is CCCC(N)C(=O)N1CCCN(CCO)CC1. The van der Waals surface area contributed by atoms with E-state index in [2.05, 4.69) is 4.90 Å². The Morgan fingerprint density at radius 1 is 1.35 bits per heavy atom. The lowest BCUT2D eigenvalue weighted by Gasteiger charge is -2.24. The predicted octanol–water partition coefficient (Wildman–Crippen LogP) is -0.360. The number of aliphatic hydroxyl groups is 1. The largest absolute Gasteiger partial charge is 0.395 e. The summed E-state index contributed by atoms with van der Waals surface area (Å²) in [5, 5.41) is 8.90. The van der Waals surface area contributed by atoms with Gasteiger partial charge in [0.1, 0.15) is 0 Å². The number of nitrogens with zero attached hydrogens (tertiary/aromatic N) is 2. The summed E-state index contributed by atoms with van der Waals surface area (Å²) in [5.41, 5.74) is 5.86. The van der Waals surface area contributed by atoms with Crippen LogP contribution >= 0.6 is 0 Å². The average molecular weight is 243 g/mol. The fraction of sp³-hybridized carbons (Fsp3) is 0.917. The molecule has 5 nitrogen and oxygen atoms in total. The van der Waals surface area contributed by atoms with E-state index in [1.54, 1.807) is 0 Å². The summed E-state index contributed by atoms with van der Waals surface area (Å²) in [7, 11) is 0. The van der Waals surface area contributed by atoms with Crippen molar-refractivity contribution >= 4 is 5.91 Å². The van der Waals surface area contributed by atoms with E-state index in [9.17, 15) is 4.79 Å². The van der Waals surface area contributed by atoms with Crippen LogP contribution in [-0.4, -0.2) is 66.2 Å². The number of amides is 1. The van der Waals surface area contributed by atoms with E-state index in [1.807, 2.05) is 11.8 Å². The van der Waals surface area contributed by atoms with Crippen LogP contribution in [0.5, 0.6) is 0 Å². The van der Waals surface area contributed by atoms with Crippen LogP contribution in [0.3, 0.4) is 0 Å². The van der Waals surface area contributed by atoms with Crippen molar-refractivity contribution in [3.8, 4) is 0 Å². The third kappa shape index (κ3) is 4.61. The molecule has 17 heavy (non-hydrogen) atoms. The number of hydrogen-bond donors (Lipinski definition) is 2. The second-order valence-electron chi connectivity index (χ2n) is 4.64. The molecule has 1 heterocycles. The minimum atomic E-state index is -0.343. The third-order valence-electron chi connectivity index (χ3n) is 3.23. The van der Waals surface area contributed by atoms with Crippen molar-refractivity contribution in [3.63, 3.8) is 0 Å². The van der Waals surface area contributed by atoms with Crippen LogP contribution in [0.4, 0.5) is 0 Å². The van der Waals surface area contributed by atoms with Crippen LogP contribution in [0.25, 0.3) is 0 Å². The molecule has 1 aliphatic heterocycles. The number of aliphatic hydroxyl groups excluding tert-OH is 1. The van der Waals surface area contributed by atoms with E-state index < -0.39 is 0 Å². The van der Waals surface area contributed by atoms with Crippen molar-refractivity contribution < 1.29 is 9.90 Å². The number of carbonyl (C=O) groups is 1. The normalized spacial score (nSPS) is 20.1. The van der Waals surface area contributed by atoms with Crippen molar-refractivity contribution in [2.75, 3.05) is 39.3 Å². The zero-order chi connectivity index (χ0) is 12.7. The van der Waals surface area contributed by atoms with Gasteiger partial charge >= 0.3 is 0 Å². The van der Waals surface area contributed by atoms with Crippen molar-refractivity contribution in [3.05, 3.63) is 0 Å². The van der Waals surface area contributed by atoms with Gasteiger partial charge in [0.2, 0.25) is 5.91 Å². The van der Waals surface area contributed by atoms with Gasteiger partial charge in [-0.05, 0) is 19.4 Å². The summed E-state index contributed by atoms with van der Waals surface area (Å²) < 4.78 is 0. The number of hydrogen-bond acceptors (Lipinski definition) is 4. The van der Waals surface area contributed by atoms with Gasteiger partial charge in [0.15, 0.2) is 0 Å². The second kappa shape index (κ2) is 7.63. The Labute approximate surface area is 104 Å². The van der Waals surface area contributed by atoms with Crippen LogP contribution in [0.1, 0.15) is 26.2 Å². The van der Waals surface area contributed by atoms with Crippen LogP contribution in [0.2, 0.25) is 0 Å². The summed E-state index contributed by atoms with van der Waals surface area (Å²) in [6.45, 7) is 6.23. The second-order valence-corrected chi connectivity index (χ2v) is 4.64. The standard InChI is InChI=1S/C12H25N3O2/c1-2-4-11(13)12(17)15-6-3-5-14(7-8-15)9-10-16/h11,16H,2-10,13H2,1H3. The topological polar surface area (TPSA) is 69.8 Å². The summed E-state index contributed by atoms with van der Waals surface area (Å²) in [6.07, 6.45) is 2.66. The molecule has 0 aromatic heterocycles. The molecule has 0 aliphatic carbocycles. The minimum absolute atomic E-state index is 0.0812. The maximum Gasteiger partial charge on any atom is 0.239 e. The van der Waals surface area contributed by atoms with Crippen LogP contribution < -0.4 is 5.73 Å². The highest BCUT2D eigenvalue weighted by Crippen LogP contribution is 2.06. The highest BCUT2D eigenvalue weighted by molar-refractivity contribution is 5.81. The maximum atomic E-state index is 12.0. The van der Waals surface area contributed by atoms with E-state index in [1.165, 1.54) is 0 Å². The first-order valence-electron chi connectivity index (χ1n) is 6.56. The smallest absolute Gasteiger partial charge is 0.239 e. The Bertz CT molecular complexity index is 236. The lowest BCUT2D eigenvalue weighted by molar-refractivity contribution is -0.132. The van der Waals surface area contributed by atoms with Gasteiger partial charge in [-0.15, -0.1) is 0 Å². The highest BCUT2D eigenvalue weighted by Gasteiger charge is 2.22. The fourth-order valence-corrected chi connectivity index (χ4v) is 2.23. The molecule has 1 rings (SSSR count). The predicted molar refractivity (Wildman–Crippen MR) is 67.6 cm³/mol. The molecule has 0 radical (unpaired) electrons. The minimum Gasteiger partial charge on any atom is -0.395 e. The van der Waals surface area contributed by atoms with Crippen LogP contribution in [0.15, 0.2) is 0 Å². The first-order valence-corrected chi connectivity index (χ1v) is 6.56. The van der Waals surface area contributed by atoms with Crippen LogP contribution in [-0.2, 0) is 4.79 Å². The number of rotatable bonds is 5. The van der Waals surface area contributed by atoms with Crippen molar-refractivity contribution in [2.24, 2.45) is 5.73 Å². The Morgan fingerprint density at radius 3 is 2.76 bits per heavy atom. The first-order chi connectivity index (χ1) is 8.19. The summed E-state index contributed by atoms with van der Waals surface area (Å²) in [4.78, 5) is 16.1. The molecule has 0 saturated carbocycles. The van der Waals surface area contributed by atoms with Gasteiger partial charge in [-0.25, -0.2) is 0 Å². The molecule has 0 aromatic carbocycles. The molecule has 0 aromatic rings. The van der Waals surface area contributed by atoms with Gasteiger partial charge in [-0.1, -0.05) is 13.3 Å². The average Bonchev–Trinajstić information content (AvgIpc) is 2.54. The molecule has 1 unspecified atom stereocenters. The lowest BCUT2D eigenvalue weighted by Crippen LogP contribution is -2.45. The van der Waals surface area contributed by atoms with Crippen molar-refractivity contribution in [1.82, 2.24) is 9.80 Å². The molecule has 1 aliphatic rings. The van der Waals surface area contributed by atoms with E-state index in [0.29, 0.717) is 6.54 Å². The zero-order valence-corrected chi connectivity index (χ0v) is 10.8. The number of carbonyl (C=O) groups excluding carboxylic acids is 1. The van der Waals surface area contributed by atoms with E-state index in [4.69, 9.17) is 10.8 Å². The maximum absolute atomic E-state index is 12.0. The highest BCUT2D eigenvalue weighted by atomic mass is 16.3. The quantitative estimate of drug-likeness (QED) is 0.692. The number of β-amino-alcohol motifs (C(OH)–C–C–N with tert-alkyl or cyclic N) is 1. The monoisotopic (exact) mass is 243 g/mol. The molecule has 1 amide bonds. The molecular weight excluding hydrogens is 218 g/mol. The lowest BCUT2D eigenvalue weighted by atomic mass is 10.1. The van der Waals surface area contributed by atoms with Gasteiger partial charge in [0, 0.05) is 26.2 Å². The van der Waals surface area contributed by atoms with E-state index >= 15 is 0 Å². The van der Waals surface area contributed by atoms with Gasteiger partial charge < -0.3 is 15.7 Å². The Balaban J connectivity index is 2.42. The molecular formula is C12H25N3O2. The molecule has 100 valence electrons. The van der Waals surface area contributed by atoms with E-state index in [-0.39, 0.29) is 18.6 Å². The Hall–Kier alpha value is -0.650. The molecule has 3 N–H and O–H groups in total. The fourth-order valence-electron chi connectivity index (χ4n) is 2.23. The summed E-state index contributed by atoms with van der Waals surface area (Å²) >= 11 is 0. The Kier molecular flexibility index (Phi) is 6.47. The van der Waals surface area contributed by atoms with Crippen molar-refractivity contribution in [2.45, 2.75) is 32.2 Å². The zero-order valence-electron chi connectivity index (χ0n) is 10.8. The summed E-state index contributed by atoms with van der Waals surface area (Å²) in [6, 6.07) is -0.343. The number of nitrogens with two attached hydrogens (primary N) is 1. The van der Waals surface area contributed by atoms with Gasteiger partial charge in [0.05, 0.1) is 12.6 Å². The van der Waals surface area contributed by atoms with Gasteiger partial charge in [-0.3, -0.25) is 9.69 Å². The molecule has 1 atom stereocenters. The van der Waals surface area contributed by atoms with Crippen molar-refractivity contribution in [1.29, 1.82) is 0 Å². The van der Waals surface area contributed by atoms with E-state index in [0.717, 1.165) is 45.4 Å². The molecule has 0 spiro atoms. The first kappa shape index (κ1) is 14.4. The van der Waals surface area contributed by atoms with Gasteiger partial charge in [0.25, 0.3) is 0 Å². The molecule has 0 bridgehead atoms. The molecule has 5 heteroatoms. The molecule has 1 saturated heterocycles. The Morgan fingerprint density at radius 2 is 2.12 bits per heavy atom. The third-order valence-corrected chi connectivity index (χ3v) is 3.23. The summed E-state index contributed by atoms with van der Waals surface area (Å²) in [5.74, 6) is 0.0812. The molecule has 1 fully saturated rings. The van der Waals surface area contributed by atoms with Gasteiger partial charge in [-0.2, -0.15) is 0 Å².